The molecular weight excluding hydrogens is 244 g/mol. The van der Waals surface area contributed by atoms with Gasteiger partial charge in [-0.15, -0.1) is 0 Å². The number of aldehydes is 1. The monoisotopic (exact) mass is 268 g/mol. The molecule has 2 rings (SSSR count). The number of aliphatic hydroxyl groups is 1. The van der Waals surface area contributed by atoms with Gasteiger partial charge in [-0.3, -0.25) is 9.69 Å². The highest BCUT2D eigenvalue weighted by molar-refractivity contribution is 5.82. The van der Waals surface area contributed by atoms with Crippen LogP contribution in [-0.4, -0.2) is 54.0 Å². The normalized spacial score (nSPS) is 30.9. The molecule has 1 saturated carbocycles. The molecule has 0 aromatic carbocycles. The highest BCUT2D eigenvalue weighted by Gasteiger charge is 2.35. The molecule has 0 radical (unpaired) electrons. The highest BCUT2D eigenvalue weighted by Crippen LogP contribution is 2.34. The van der Waals surface area contributed by atoms with Crippen molar-refractivity contribution in [1.82, 2.24) is 10.2 Å². The molecule has 1 heterocycles. The van der Waals surface area contributed by atoms with E-state index in [2.05, 4.69) is 12.2 Å². The van der Waals surface area contributed by atoms with E-state index in [1.54, 1.807) is 0 Å². The number of carbonyl (C=O) groups excluding carboxylic acids is 2. The summed E-state index contributed by atoms with van der Waals surface area (Å²) in [6.45, 7) is 3.05. The van der Waals surface area contributed by atoms with Crippen molar-refractivity contribution in [3.8, 4) is 0 Å². The van der Waals surface area contributed by atoms with Crippen molar-refractivity contribution in [2.75, 3.05) is 13.6 Å². The maximum Gasteiger partial charge on any atom is 0.237 e. The van der Waals surface area contributed by atoms with E-state index in [4.69, 9.17) is 0 Å². The minimum absolute atomic E-state index is 0.0570. The largest absolute Gasteiger partial charge is 0.383 e. The third-order valence-electron chi connectivity index (χ3n) is 4.22. The quantitative estimate of drug-likeness (QED) is 0.674. The summed E-state index contributed by atoms with van der Waals surface area (Å²) < 4.78 is 0. The first-order chi connectivity index (χ1) is 9.01. The van der Waals surface area contributed by atoms with Crippen LogP contribution in [0.5, 0.6) is 0 Å². The van der Waals surface area contributed by atoms with Gasteiger partial charge in [-0.25, -0.2) is 0 Å². The Morgan fingerprint density at radius 2 is 2.21 bits per heavy atom. The van der Waals surface area contributed by atoms with Crippen LogP contribution >= 0.6 is 0 Å². The van der Waals surface area contributed by atoms with Crippen LogP contribution in [0.15, 0.2) is 0 Å². The van der Waals surface area contributed by atoms with Gasteiger partial charge in [-0.1, -0.05) is 19.8 Å². The molecule has 3 unspecified atom stereocenters. The lowest BCUT2D eigenvalue weighted by atomic mass is 10.0. The van der Waals surface area contributed by atoms with E-state index in [0.717, 1.165) is 25.8 Å². The number of aliphatic hydroxyl groups excluding tert-OH is 1. The number of carbonyl (C=O) groups is 2. The fraction of sp³-hybridized carbons (Fsp3) is 0.857. The maximum atomic E-state index is 12.3. The second-order valence-corrected chi connectivity index (χ2v) is 6.22. The average molecular weight is 268 g/mol. The smallest absolute Gasteiger partial charge is 0.237 e. The van der Waals surface area contributed by atoms with E-state index in [1.807, 2.05) is 11.9 Å². The molecular formula is C14H24N2O3. The van der Waals surface area contributed by atoms with Gasteiger partial charge in [0.25, 0.3) is 0 Å². The maximum absolute atomic E-state index is 12.3. The molecule has 19 heavy (non-hydrogen) atoms. The van der Waals surface area contributed by atoms with Gasteiger partial charge in [0.2, 0.25) is 5.91 Å². The molecule has 2 fully saturated rings. The van der Waals surface area contributed by atoms with E-state index < -0.39 is 12.1 Å². The summed E-state index contributed by atoms with van der Waals surface area (Å²) in [7, 11) is 1.94. The molecule has 1 aliphatic heterocycles. The third-order valence-corrected chi connectivity index (χ3v) is 4.22. The van der Waals surface area contributed by atoms with Crippen LogP contribution in [0.1, 0.15) is 32.6 Å². The second kappa shape index (κ2) is 6.01. The molecule has 2 N–H and O–H groups in total. The van der Waals surface area contributed by atoms with E-state index >= 15 is 0 Å². The van der Waals surface area contributed by atoms with Crippen LogP contribution in [0.3, 0.4) is 0 Å². The van der Waals surface area contributed by atoms with Crippen LogP contribution in [0.25, 0.3) is 0 Å². The molecule has 0 aromatic heterocycles. The Kier molecular flexibility index (Phi) is 4.58. The molecule has 1 amide bonds. The summed E-state index contributed by atoms with van der Waals surface area (Å²) >= 11 is 0. The minimum atomic E-state index is -1.09. The van der Waals surface area contributed by atoms with Crippen molar-refractivity contribution in [3.05, 3.63) is 0 Å². The zero-order chi connectivity index (χ0) is 14.0. The first-order valence-corrected chi connectivity index (χ1v) is 7.15. The molecule has 0 spiro atoms. The Balaban J connectivity index is 1.91. The number of rotatable bonds is 6. The summed E-state index contributed by atoms with van der Waals surface area (Å²) in [5.74, 6) is 1.01. The van der Waals surface area contributed by atoms with Gasteiger partial charge in [0.05, 0.1) is 12.1 Å². The predicted octanol–water partition coefficient (Wildman–Crippen LogP) is 0.171. The van der Waals surface area contributed by atoms with Crippen molar-refractivity contribution < 1.29 is 14.7 Å². The zero-order valence-electron chi connectivity index (χ0n) is 11.7. The highest BCUT2D eigenvalue weighted by atomic mass is 16.3. The number of nitrogens with zero attached hydrogens (tertiary/aromatic N) is 1. The van der Waals surface area contributed by atoms with Crippen LogP contribution < -0.4 is 5.32 Å². The number of nitrogens with one attached hydrogen (secondary N) is 1. The van der Waals surface area contributed by atoms with Crippen molar-refractivity contribution in [2.24, 2.45) is 11.8 Å². The summed E-state index contributed by atoms with van der Waals surface area (Å²) in [6.07, 6.45) is 3.26. The molecule has 5 nitrogen and oxygen atoms in total. The van der Waals surface area contributed by atoms with Gasteiger partial charge >= 0.3 is 0 Å². The van der Waals surface area contributed by atoms with E-state index in [9.17, 15) is 14.7 Å². The van der Waals surface area contributed by atoms with Gasteiger partial charge in [-0.2, -0.15) is 0 Å². The Hall–Kier alpha value is -0.940. The summed E-state index contributed by atoms with van der Waals surface area (Å²) in [4.78, 5) is 25.1. The Morgan fingerprint density at radius 3 is 2.68 bits per heavy atom. The molecule has 2 aliphatic rings. The zero-order valence-corrected chi connectivity index (χ0v) is 11.7. The second-order valence-electron chi connectivity index (χ2n) is 6.22. The molecule has 108 valence electrons. The predicted molar refractivity (Wildman–Crippen MR) is 71.5 cm³/mol. The van der Waals surface area contributed by atoms with Crippen molar-refractivity contribution >= 4 is 12.2 Å². The van der Waals surface area contributed by atoms with Gasteiger partial charge in [0.15, 0.2) is 6.29 Å². The van der Waals surface area contributed by atoms with Crippen molar-refractivity contribution in [2.45, 2.75) is 50.8 Å². The molecule has 1 aliphatic carbocycles. The van der Waals surface area contributed by atoms with Gasteiger partial charge < -0.3 is 15.2 Å². The Bertz CT molecular complexity index is 344. The fourth-order valence-corrected chi connectivity index (χ4v) is 2.93. The fourth-order valence-electron chi connectivity index (χ4n) is 2.93. The van der Waals surface area contributed by atoms with E-state index in [1.165, 1.54) is 0 Å². The van der Waals surface area contributed by atoms with Crippen LogP contribution in [0.4, 0.5) is 0 Å². The Labute approximate surface area is 114 Å². The standard InChI is InChI=1S/C14H24N2O3/c1-9-5-12(16(2)7-9)14(19)15-11(13(18)8-17)6-10-3-4-10/h8-13,18H,3-7H2,1-2H3,(H,15,19)/t9-,11?,12?,13?/m1/s1. The molecule has 0 bridgehead atoms. The lowest BCUT2D eigenvalue weighted by Crippen LogP contribution is -2.50. The molecule has 0 aromatic rings. The SMILES string of the molecule is C[C@@H]1CC(C(=O)NC(CC2CC2)C(O)C=O)N(C)C1. The summed E-state index contributed by atoms with van der Waals surface area (Å²) in [5, 5.41) is 12.6. The number of hydrogen-bond acceptors (Lipinski definition) is 4. The first-order valence-electron chi connectivity index (χ1n) is 7.15. The summed E-state index contributed by atoms with van der Waals surface area (Å²) in [5.41, 5.74) is 0. The number of likely N-dealkylation sites (tertiary alicyclic amines) is 1. The van der Waals surface area contributed by atoms with Gasteiger partial charge in [0.1, 0.15) is 6.10 Å². The minimum Gasteiger partial charge on any atom is -0.383 e. The molecule has 4 atom stereocenters. The van der Waals surface area contributed by atoms with Crippen LogP contribution in [-0.2, 0) is 9.59 Å². The number of hydrogen-bond donors (Lipinski definition) is 2. The molecule has 5 heteroatoms. The van der Waals surface area contributed by atoms with Crippen molar-refractivity contribution in [1.29, 1.82) is 0 Å². The van der Waals surface area contributed by atoms with E-state index in [0.29, 0.717) is 24.5 Å². The number of amides is 1. The lowest BCUT2D eigenvalue weighted by molar-refractivity contribution is -0.127. The Morgan fingerprint density at radius 1 is 1.53 bits per heavy atom. The topological polar surface area (TPSA) is 69.6 Å². The van der Waals surface area contributed by atoms with Crippen LogP contribution in [0.2, 0.25) is 0 Å². The van der Waals surface area contributed by atoms with Crippen LogP contribution in [0, 0.1) is 11.8 Å². The number of likely N-dealkylation sites (N-methyl/N-ethyl adjacent to an activating group) is 1. The summed E-state index contributed by atoms with van der Waals surface area (Å²) in [6, 6.07) is -0.558. The average Bonchev–Trinajstić information content (AvgIpc) is 3.11. The first kappa shape index (κ1) is 14.5. The van der Waals surface area contributed by atoms with Gasteiger partial charge in [0, 0.05) is 6.54 Å². The van der Waals surface area contributed by atoms with Gasteiger partial charge in [-0.05, 0) is 31.7 Å². The molecule has 1 saturated heterocycles. The third kappa shape index (κ3) is 3.76. The lowest BCUT2D eigenvalue weighted by Gasteiger charge is -2.25. The van der Waals surface area contributed by atoms with E-state index in [-0.39, 0.29) is 11.9 Å². The van der Waals surface area contributed by atoms with Crippen molar-refractivity contribution in [3.63, 3.8) is 0 Å².